The average molecular weight is 361 g/mol. The number of nitrogens with zero attached hydrogens (tertiary/aromatic N) is 1. The minimum absolute atomic E-state index is 0.0258. The first-order valence-electron chi connectivity index (χ1n) is 6.78. The lowest BCUT2D eigenvalue weighted by molar-refractivity contribution is -0.145. The molecule has 1 aliphatic rings. The lowest BCUT2D eigenvalue weighted by Gasteiger charge is -2.21. The molecule has 1 saturated heterocycles. The summed E-state index contributed by atoms with van der Waals surface area (Å²) in [5.74, 6) is -1.31. The largest absolute Gasteiger partial charge is 0.469 e. The number of nitrogens with two attached hydrogens (primary N) is 1. The number of primary sulfonamides is 1. The smallest absolute Gasteiger partial charge is 0.311 e. The van der Waals surface area contributed by atoms with E-state index in [-0.39, 0.29) is 34.4 Å². The minimum Gasteiger partial charge on any atom is -0.469 e. The van der Waals surface area contributed by atoms with Crippen LogP contribution in [0.15, 0.2) is 11.0 Å². The van der Waals surface area contributed by atoms with Crippen LogP contribution < -0.4 is 10.0 Å². The number of aryl methyl sites for hydroxylation is 1. The fourth-order valence-corrected chi connectivity index (χ4v) is 4.16. The molecule has 1 amide bonds. The Morgan fingerprint density at radius 2 is 2.04 bits per heavy atom. The van der Waals surface area contributed by atoms with E-state index in [1.54, 1.807) is 6.92 Å². The molecular formula is C14H17ClN2O5S. The highest BCUT2D eigenvalue weighted by atomic mass is 35.5. The highest BCUT2D eigenvalue weighted by Crippen LogP contribution is 2.38. The summed E-state index contributed by atoms with van der Waals surface area (Å²) < 4.78 is 28.0. The van der Waals surface area contributed by atoms with E-state index in [4.69, 9.17) is 16.7 Å². The Labute approximate surface area is 139 Å². The van der Waals surface area contributed by atoms with Crippen molar-refractivity contribution in [3.05, 3.63) is 22.2 Å². The molecule has 2 rings (SSSR count). The van der Waals surface area contributed by atoms with E-state index in [0.29, 0.717) is 11.3 Å². The van der Waals surface area contributed by atoms with Crippen molar-refractivity contribution in [1.82, 2.24) is 0 Å². The molecule has 126 valence electrons. The number of amides is 1. The number of methoxy groups -OCH3 is 1. The van der Waals surface area contributed by atoms with Gasteiger partial charge in [0, 0.05) is 13.0 Å². The normalized spacial score (nSPS) is 18.4. The number of esters is 1. The highest BCUT2D eigenvalue weighted by Gasteiger charge is 2.37. The highest BCUT2D eigenvalue weighted by molar-refractivity contribution is 7.89. The lowest BCUT2D eigenvalue weighted by Crippen LogP contribution is -2.27. The van der Waals surface area contributed by atoms with Crippen LogP contribution in [0.4, 0.5) is 5.69 Å². The summed E-state index contributed by atoms with van der Waals surface area (Å²) in [5, 5.41) is 5.33. The molecule has 1 unspecified atom stereocenters. The number of anilines is 1. The number of ether oxygens (including phenoxy) is 1. The first-order valence-corrected chi connectivity index (χ1v) is 8.71. The molecule has 2 N–H and O–H groups in total. The second-order valence-corrected chi connectivity index (χ2v) is 7.33. The van der Waals surface area contributed by atoms with E-state index >= 15 is 0 Å². The molecule has 1 heterocycles. The first-order chi connectivity index (χ1) is 10.6. The molecular weight excluding hydrogens is 344 g/mol. The van der Waals surface area contributed by atoms with Gasteiger partial charge in [0.15, 0.2) is 0 Å². The molecule has 0 aromatic heterocycles. The summed E-state index contributed by atoms with van der Waals surface area (Å²) >= 11 is 6.25. The van der Waals surface area contributed by atoms with Crippen LogP contribution in [-0.4, -0.2) is 33.9 Å². The molecule has 1 fully saturated rings. The van der Waals surface area contributed by atoms with Crippen molar-refractivity contribution in [3.8, 4) is 0 Å². The van der Waals surface area contributed by atoms with Crippen molar-refractivity contribution in [2.24, 2.45) is 11.1 Å². The van der Waals surface area contributed by atoms with Crippen molar-refractivity contribution >= 4 is 39.2 Å². The summed E-state index contributed by atoms with van der Waals surface area (Å²) in [5.41, 5.74) is 1.03. The Hall–Kier alpha value is -1.64. The summed E-state index contributed by atoms with van der Waals surface area (Å²) in [6.45, 7) is 3.24. The SMILES string of the molecule is COC(=O)C1CC(=O)N(c2cc(C)c(S(N)(=O)=O)c(C)c2Cl)C1. The monoisotopic (exact) mass is 360 g/mol. The van der Waals surface area contributed by atoms with Gasteiger partial charge in [-0.2, -0.15) is 0 Å². The molecule has 9 heteroatoms. The molecule has 23 heavy (non-hydrogen) atoms. The van der Waals surface area contributed by atoms with Gasteiger partial charge in [0.1, 0.15) is 0 Å². The first kappa shape index (κ1) is 17.7. The van der Waals surface area contributed by atoms with Crippen LogP contribution in [0.1, 0.15) is 17.5 Å². The molecule has 0 spiro atoms. The topological polar surface area (TPSA) is 107 Å². The number of halogens is 1. The average Bonchev–Trinajstić information content (AvgIpc) is 2.82. The van der Waals surface area contributed by atoms with Crippen molar-refractivity contribution < 1.29 is 22.7 Å². The number of carbonyl (C=O) groups is 2. The fraction of sp³-hybridized carbons (Fsp3) is 0.429. The molecule has 1 atom stereocenters. The zero-order valence-electron chi connectivity index (χ0n) is 12.9. The Morgan fingerprint density at radius 1 is 1.43 bits per heavy atom. The van der Waals surface area contributed by atoms with Crippen LogP contribution in [0.25, 0.3) is 0 Å². The van der Waals surface area contributed by atoms with E-state index in [1.807, 2.05) is 0 Å². The van der Waals surface area contributed by atoms with Gasteiger partial charge >= 0.3 is 5.97 Å². The third kappa shape index (κ3) is 3.19. The van der Waals surface area contributed by atoms with Gasteiger partial charge in [-0.1, -0.05) is 11.6 Å². The van der Waals surface area contributed by atoms with E-state index < -0.39 is 21.9 Å². The maximum Gasteiger partial charge on any atom is 0.311 e. The maximum atomic E-state index is 12.2. The van der Waals surface area contributed by atoms with Crippen LogP contribution in [-0.2, 0) is 24.3 Å². The molecule has 0 saturated carbocycles. The van der Waals surface area contributed by atoms with E-state index in [9.17, 15) is 18.0 Å². The summed E-state index contributed by atoms with van der Waals surface area (Å²) in [7, 11) is -2.67. The van der Waals surface area contributed by atoms with Crippen molar-refractivity contribution in [1.29, 1.82) is 0 Å². The maximum absolute atomic E-state index is 12.2. The van der Waals surface area contributed by atoms with E-state index in [1.165, 1.54) is 25.0 Å². The van der Waals surface area contributed by atoms with Gasteiger partial charge in [0.05, 0.1) is 28.6 Å². The number of hydrogen-bond donors (Lipinski definition) is 1. The Morgan fingerprint density at radius 3 is 2.57 bits per heavy atom. The van der Waals surface area contributed by atoms with E-state index in [0.717, 1.165) is 0 Å². The van der Waals surface area contributed by atoms with Crippen molar-refractivity contribution in [3.63, 3.8) is 0 Å². The quantitative estimate of drug-likeness (QED) is 0.813. The number of hydrogen-bond acceptors (Lipinski definition) is 5. The number of sulfonamides is 1. The van der Waals surface area contributed by atoms with Crippen LogP contribution in [0.2, 0.25) is 5.02 Å². The van der Waals surface area contributed by atoms with Gasteiger partial charge in [0.2, 0.25) is 15.9 Å². The fourth-order valence-electron chi connectivity index (χ4n) is 2.82. The molecule has 0 bridgehead atoms. The Bertz CT molecular complexity index is 791. The molecule has 1 aromatic rings. The van der Waals surface area contributed by atoms with Gasteiger partial charge in [-0.3, -0.25) is 9.59 Å². The van der Waals surface area contributed by atoms with Gasteiger partial charge in [-0.15, -0.1) is 0 Å². The molecule has 1 aromatic carbocycles. The summed E-state index contributed by atoms with van der Waals surface area (Å²) in [6.07, 6.45) is 0.0258. The summed E-state index contributed by atoms with van der Waals surface area (Å²) in [6, 6.07) is 1.49. The van der Waals surface area contributed by atoms with Crippen LogP contribution >= 0.6 is 11.6 Å². The van der Waals surface area contributed by atoms with Gasteiger partial charge in [-0.25, -0.2) is 13.6 Å². The Balaban J connectivity index is 2.50. The third-order valence-electron chi connectivity index (χ3n) is 3.84. The van der Waals surface area contributed by atoms with Crippen LogP contribution in [0.5, 0.6) is 0 Å². The number of rotatable bonds is 3. The Kier molecular flexibility index (Phi) is 4.70. The van der Waals surface area contributed by atoms with Gasteiger partial charge in [-0.05, 0) is 31.0 Å². The predicted molar refractivity (Wildman–Crippen MR) is 84.8 cm³/mol. The van der Waals surface area contributed by atoms with Crippen LogP contribution in [0.3, 0.4) is 0 Å². The number of benzene rings is 1. The summed E-state index contributed by atoms with van der Waals surface area (Å²) in [4.78, 5) is 25.1. The predicted octanol–water partition coefficient (Wildman–Crippen LogP) is 1.13. The second-order valence-electron chi connectivity index (χ2n) is 5.45. The van der Waals surface area contributed by atoms with Crippen molar-refractivity contribution in [2.75, 3.05) is 18.6 Å². The molecule has 0 aliphatic carbocycles. The number of carbonyl (C=O) groups excluding carboxylic acids is 2. The minimum atomic E-state index is -3.93. The zero-order valence-corrected chi connectivity index (χ0v) is 14.5. The lowest BCUT2D eigenvalue weighted by atomic mass is 10.1. The standard InChI is InChI=1S/C14H17ClN2O5S/c1-7-4-10(12(15)8(2)13(7)23(16,20)21)17-6-9(5-11(17)18)14(19)22-3/h4,9H,5-6H2,1-3H3,(H2,16,20,21). The zero-order chi connectivity index (χ0) is 17.5. The van der Waals surface area contributed by atoms with Gasteiger partial charge < -0.3 is 9.64 Å². The molecule has 1 aliphatic heterocycles. The molecule has 7 nitrogen and oxygen atoms in total. The van der Waals surface area contributed by atoms with E-state index in [2.05, 4.69) is 4.74 Å². The molecule has 0 radical (unpaired) electrons. The van der Waals surface area contributed by atoms with Gasteiger partial charge in [0.25, 0.3) is 0 Å². The second kappa shape index (κ2) is 6.10. The van der Waals surface area contributed by atoms with Crippen LogP contribution in [0, 0.1) is 19.8 Å². The van der Waals surface area contributed by atoms with Crippen molar-refractivity contribution in [2.45, 2.75) is 25.2 Å². The third-order valence-corrected chi connectivity index (χ3v) is 5.52.